The molecule has 1 N–H and O–H groups in total. The molecule has 1 aromatic heterocycles. The van der Waals surface area contributed by atoms with Crippen LogP contribution in [0.3, 0.4) is 0 Å². The minimum Gasteiger partial charge on any atom is -0.322 e. The van der Waals surface area contributed by atoms with E-state index in [0.717, 1.165) is 25.8 Å². The van der Waals surface area contributed by atoms with E-state index in [0.29, 0.717) is 18.5 Å². The predicted octanol–water partition coefficient (Wildman–Crippen LogP) is 2.32. The molecule has 0 aromatic carbocycles. The van der Waals surface area contributed by atoms with Crippen LogP contribution >= 0.6 is 0 Å². The number of anilines is 1. The average molecular weight is 246 g/mol. The second kappa shape index (κ2) is 5.21. The lowest BCUT2D eigenvalue weighted by molar-refractivity contribution is -0.124. The van der Waals surface area contributed by atoms with Gasteiger partial charge in [-0.05, 0) is 19.8 Å². The number of carbonyl (C=O) groups is 1. The molecule has 1 heterocycles. The number of amides is 1. The molecule has 0 spiro atoms. The molecule has 1 aromatic rings. The van der Waals surface area contributed by atoms with Crippen molar-refractivity contribution in [3.63, 3.8) is 0 Å². The van der Waals surface area contributed by atoms with E-state index < -0.39 is 5.41 Å². The highest BCUT2D eigenvalue weighted by Crippen LogP contribution is 2.36. The molecule has 1 fully saturated rings. The molecule has 0 saturated heterocycles. The Labute approximate surface area is 107 Å². The first-order valence-electron chi connectivity index (χ1n) is 6.45. The fourth-order valence-electron chi connectivity index (χ4n) is 2.40. The van der Waals surface area contributed by atoms with E-state index in [1.807, 2.05) is 6.92 Å². The van der Waals surface area contributed by atoms with E-state index in [9.17, 15) is 10.1 Å². The van der Waals surface area contributed by atoms with Crippen LogP contribution in [0.1, 0.15) is 39.0 Å². The minimum absolute atomic E-state index is 0.180. The summed E-state index contributed by atoms with van der Waals surface area (Å²) < 4.78 is 1.75. The van der Waals surface area contributed by atoms with E-state index in [-0.39, 0.29) is 5.91 Å². The fraction of sp³-hybridized carbons (Fsp3) is 0.615. The van der Waals surface area contributed by atoms with Gasteiger partial charge < -0.3 is 5.32 Å². The van der Waals surface area contributed by atoms with Gasteiger partial charge in [0.25, 0.3) is 0 Å². The maximum atomic E-state index is 12.2. The lowest BCUT2D eigenvalue weighted by Gasteiger charge is -2.28. The second-order valence-corrected chi connectivity index (χ2v) is 4.79. The van der Waals surface area contributed by atoms with Crippen LogP contribution in [0.2, 0.25) is 0 Å². The van der Waals surface area contributed by atoms with Gasteiger partial charge in [0.15, 0.2) is 0 Å². The monoisotopic (exact) mass is 246 g/mol. The lowest BCUT2D eigenvalue weighted by Crippen LogP contribution is -2.36. The molecule has 18 heavy (non-hydrogen) atoms. The normalized spacial score (nSPS) is 18.0. The van der Waals surface area contributed by atoms with Gasteiger partial charge in [-0.15, -0.1) is 0 Å². The molecule has 1 aliphatic carbocycles. The first kappa shape index (κ1) is 12.6. The SMILES string of the molecule is CCn1cc(NC(=O)C2(C#N)CCCCC2)cn1. The third-order valence-corrected chi connectivity index (χ3v) is 3.57. The summed E-state index contributed by atoms with van der Waals surface area (Å²) in [4.78, 5) is 12.2. The molecule has 5 heteroatoms. The van der Waals surface area contributed by atoms with Crippen molar-refractivity contribution in [1.29, 1.82) is 5.26 Å². The highest BCUT2D eigenvalue weighted by atomic mass is 16.2. The van der Waals surface area contributed by atoms with Crippen LogP contribution in [-0.2, 0) is 11.3 Å². The standard InChI is InChI=1S/C13H18N4O/c1-2-17-9-11(8-15-17)16-12(18)13(10-14)6-4-3-5-7-13/h8-9H,2-7H2,1H3,(H,16,18). The second-order valence-electron chi connectivity index (χ2n) is 4.79. The molecule has 0 atom stereocenters. The van der Waals surface area contributed by atoms with E-state index in [1.54, 1.807) is 17.1 Å². The predicted molar refractivity (Wildman–Crippen MR) is 67.7 cm³/mol. The molecule has 5 nitrogen and oxygen atoms in total. The molecule has 96 valence electrons. The third kappa shape index (κ3) is 2.37. The number of carbonyl (C=O) groups excluding carboxylic acids is 1. The van der Waals surface area contributed by atoms with Crippen molar-refractivity contribution in [1.82, 2.24) is 9.78 Å². The number of nitriles is 1. The Morgan fingerprint density at radius 3 is 2.83 bits per heavy atom. The number of aryl methyl sites for hydroxylation is 1. The van der Waals surface area contributed by atoms with Crippen molar-refractivity contribution < 1.29 is 4.79 Å². The van der Waals surface area contributed by atoms with Gasteiger partial charge in [-0.2, -0.15) is 10.4 Å². The van der Waals surface area contributed by atoms with E-state index >= 15 is 0 Å². The van der Waals surface area contributed by atoms with Crippen molar-refractivity contribution in [2.75, 3.05) is 5.32 Å². The quantitative estimate of drug-likeness (QED) is 0.889. The summed E-state index contributed by atoms with van der Waals surface area (Å²) in [7, 11) is 0. The van der Waals surface area contributed by atoms with Crippen LogP contribution < -0.4 is 5.32 Å². The summed E-state index contributed by atoms with van der Waals surface area (Å²) in [6, 6.07) is 2.22. The largest absolute Gasteiger partial charge is 0.322 e. The number of nitrogens with one attached hydrogen (secondary N) is 1. The zero-order chi connectivity index (χ0) is 13.0. The lowest BCUT2D eigenvalue weighted by atomic mass is 9.74. The molecule has 1 amide bonds. The van der Waals surface area contributed by atoms with E-state index in [1.165, 1.54) is 0 Å². The fourth-order valence-corrected chi connectivity index (χ4v) is 2.40. The summed E-state index contributed by atoms with van der Waals surface area (Å²) >= 11 is 0. The van der Waals surface area contributed by atoms with Gasteiger partial charge in [0, 0.05) is 12.7 Å². The molecule has 0 aliphatic heterocycles. The van der Waals surface area contributed by atoms with Gasteiger partial charge in [0.05, 0.1) is 18.0 Å². The summed E-state index contributed by atoms with van der Waals surface area (Å²) in [5.74, 6) is -0.180. The number of hydrogen-bond donors (Lipinski definition) is 1. The first-order chi connectivity index (χ1) is 8.70. The zero-order valence-corrected chi connectivity index (χ0v) is 10.6. The topological polar surface area (TPSA) is 70.7 Å². The highest BCUT2D eigenvalue weighted by molar-refractivity contribution is 5.97. The van der Waals surface area contributed by atoms with E-state index in [4.69, 9.17) is 0 Å². The van der Waals surface area contributed by atoms with Crippen LogP contribution in [0.4, 0.5) is 5.69 Å². The summed E-state index contributed by atoms with van der Waals surface area (Å²) in [6.45, 7) is 2.75. The molecule has 2 rings (SSSR count). The van der Waals surface area contributed by atoms with Crippen LogP contribution in [0, 0.1) is 16.7 Å². The molecule has 0 radical (unpaired) electrons. The van der Waals surface area contributed by atoms with Crippen molar-refractivity contribution in [3.05, 3.63) is 12.4 Å². The Hall–Kier alpha value is -1.83. The summed E-state index contributed by atoms with van der Waals surface area (Å²) in [5, 5.41) is 16.2. The van der Waals surface area contributed by atoms with Crippen molar-refractivity contribution in [3.8, 4) is 6.07 Å². The molecule has 0 bridgehead atoms. The number of rotatable bonds is 3. The molecular weight excluding hydrogens is 228 g/mol. The smallest absolute Gasteiger partial charge is 0.244 e. The van der Waals surface area contributed by atoms with Crippen LogP contribution in [0.5, 0.6) is 0 Å². The number of hydrogen-bond acceptors (Lipinski definition) is 3. The Kier molecular flexibility index (Phi) is 3.66. The van der Waals surface area contributed by atoms with Crippen LogP contribution in [0.15, 0.2) is 12.4 Å². The zero-order valence-electron chi connectivity index (χ0n) is 10.6. The Bertz CT molecular complexity index is 466. The number of aromatic nitrogens is 2. The molecular formula is C13H18N4O. The third-order valence-electron chi connectivity index (χ3n) is 3.57. The van der Waals surface area contributed by atoms with Crippen LogP contribution in [0.25, 0.3) is 0 Å². The van der Waals surface area contributed by atoms with Gasteiger partial charge >= 0.3 is 0 Å². The summed E-state index contributed by atoms with van der Waals surface area (Å²) in [5.41, 5.74) is -0.172. The van der Waals surface area contributed by atoms with Gasteiger partial charge in [0.2, 0.25) is 5.91 Å². The average Bonchev–Trinajstić information content (AvgIpc) is 2.87. The Morgan fingerprint density at radius 2 is 2.28 bits per heavy atom. The maximum absolute atomic E-state index is 12.2. The van der Waals surface area contributed by atoms with Crippen molar-refractivity contribution in [2.45, 2.75) is 45.6 Å². The molecule has 1 aliphatic rings. The Morgan fingerprint density at radius 1 is 1.56 bits per heavy atom. The maximum Gasteiger partial charge on any atom is 0.244 e. The van der Waals surface area contributed by atoms with Gasteiger partial charge in [-0.3, -0.25) is 9.48 Å². The highest BCUT2D eigenvalue weighted by Gasteiger charge is 2.39. The molecule has 0 unspecified atom stereocenters. The van der Waals surface area contributed by atoms with Crippen molar-refractivity contribution in [2.24, 2.45) is 5.41 Å². The Balaban J connectivity index is 2.08. The van der Waals surface area contributed by atoms with Crippen LogP contribution in [-0.4, -0.2) is 15.7 Å². The van der Waals surface area contributed by atoms with Gasteiger partial charge in [0.1, 0.15) is 5.41 Å². The van der Waals surface area contributed by atoms with E-state index in [2.05, 4.69) is 16.5 Å². The number of nitrogens with zero attached hydrogens (tertiary/aromatic N) is 3. The first-order valence-corrected chi connectivity index (χ1v) is 6.45. The minimum atomic E-state index is -0.841. The molecule has 1 saturated carbocycles. The van der Waals surface area contributed by atoms with Gasteiger partial charge in [-0.25, -0.2) is 0 Å². The van der Waals surface area contributed by atoms with Crippen molar-refractivity contribution >= 4 is 11.6 Å². The van der Waals surface area contributed by atoms with Gasteiger partial charge in [-0.1, -0.05) is 19.3 Å². The summed E-state index contributed by atoms with van der Waals surface area (Å²) in [6.07, 6.45) is 7.75.